The summed E-state index contributed by atoms with van der Waals surface area (Å²) in [7, 11) is 0. The highest BCUT2D eigenvalue weighted by Crippen LogP contribution is 2.40. The monoisotopic (exact) mass is 344 g/mol. The van der Waals surface area contributed by atoms with Crippen molar-refractivity contribution in [2.45, 2.75) is 39.3 Å². The van der Waals surface area contributed by atoms with E-state index in [0.29, 0.717) is 28.6 Å². The first kappa shape index (κ1) is 16.8. The minimum absolute atomic E-state index is 0.0105. The van der Waals surface area contributed by atoms with Gasteiger partial charge in [0.05, 0.1) is 23.4 Å². The summed E-state index contributed by atoms with van der Waals surface area (Å²) >= 11 is 1.55. The van der Waals surface area contributed by atoms with Gasteiger partial charge in [-0.05, 0) is 26.3 Å². The zero-order chi connectivity index (χ0) is 17.3. The van der Waals surface area contributed by atoms with E-state index in [9.17, 15) is 9.59 Å². The summed E-state index contributed by atoms with van der Waals surface area (Å²) in [6.07, 6.45) is 0.213. The number of nitrogens with zero attached hydrogens (tertiary/aromatic N) is 2. The van der Waals surface area contributed by atoms with Crippen molar-refractivity contribution in [3.8, 4) is 0 Å². The standard InChI is InChI=1S/C18H20N2O3S/c1-11(2)23-17(22)15-12(3)19-18-20(14(21)9-10-24-18)16(15)13-7-5-4-6-8-13/h4-8,11,16H,9-10H2,1-3H3. The molecule has 1 amide bonds. The van der Waals surface area contributed by atoms with E-state index in [2.05, 4.69) is 4.99 Å². The third kappa shape index (κ3) is 3.11. The van der Waals surface area contributed by atoms with Crippen LogP contribution in [0.4, 0.5) is 0 Å². The molecule has 1 aromatic carbocycles. The Morgan fingerprint density at radius 3 is 2.71 bits per heavy atom. The molecule has 0 bridgehead atoms. The smallest absolute Gasteiger partial charge is 0.338 e. The van der Waals surface area contributed by atoms with Crippen molar-refractivity contribution in [3.63, 3.8) is 0 Å². The van der Waals surface area contributed by atoms with E-state index >= 15 is 0 Å². The lowest BCUT2D eigenvalue weighted by Gasteiger charge is -2.39. The molecule has 2 heterocycles. The molecule has 5 nitrogen and oxygen atoms in total. The van der Waals surface area contributed by atoms with Gasteiger partial charge in [-0.1, -0.05) is 42.1 Å². The van der Waals surface area contributed by atoms with Gasteiger partial charge in [-0.3, -0.25) is 9.69 Å². The molecule has 1 fully saturated rings. The number of amides is 1. The Kier molecular flexibility index (Phi) is 4.76. The summed E-state index contributed by atoms with van der Waals surface area (Å²) in [5.74, 6) is 0.292. The fraction of sp³-hybridized carbons (Fsp3) is 0.389. The van der Waals surface area contributed by atoms with Gasteiger partial charge in [0.1, 0.15) is 0 Å². The second-order valence-electron chi connectivity index (χ2n) is 6.02. The fourth-order valence-corrected chi connectivity index (χ4v) is 3.89. The van der Waals surface area contributed by atoms with Crippen molar-refractivity contribution in [2.24, 2.45) is 4.99 Å². The minimum Gasteiger partial charge on any atom is -0.459 e. The quantitative estimate of drug-likeness (QED) is 0.790. The van der Waals surface area contributed by atoms with Crippen molar-refractivity contribution in [3.05, 3.63) is 47.2 Å². The number of ether oxygens (including phenoxy) is 1. The second kappa shape index (κ2) is 6.81. The van der Waals surface area contributed by atoms with Crippen molar-refractivity contribution in [1.29, 1.82) is 0 Å². The Balaban J connectivity index is 2.12. The largest absolute Gasteiger partial charge is 0.459 e. The van der Waals surface area contributed by atoms with Crippen LogP contribution in [0.25, 0.3) is 0 Å². The molecule has 1 atom stereocenters. The van der Waals surface area contributed by atoms with E-state index in [1.165, 1.54) is 0 Å². The first-order valence-electron chi connectivity index (χ1n) is 7.99. The van der Waals surface area contributed by atoms with Crippen LogP contribution in [-0.4, -0.2) is 33.8 Å². The number of amidine groups is 1. The molecule has 0 N–H and O–H groups in total. The molecule has 2 aliphatic heterocycles. The molecule has 0 aliphatic carbocycles. The van der Waals surface area contributed by atoms with Gasteiger partial charge in [-0.15, -0.1) is 0 Å². The van der Waals surface area contributed by atoms with Gasteiger partial charge in [-0.2, -0.15) is 0 Å². The Bertz CT molecular complexity index is 725. The van der Waals surface area contributed by atoms with Crippen molar-refractivity contribution in [1.82, 2.24) is 4.90 Å². The molecular weight excluding hydrogens is 324 g/mol. The number of benzene rings is 1. The molecule has 6 heteroatoms. The van der Waals surface area contributed by atoms with Crippen LogP contribution in [0.15, 0.2) is 46.6 Å². The third-order valence-electron chi connectivity index (χ3n) is 3.88. The first-order valence-corrected chi connectivity index (χ1v) is 8.98. The van der Waals surface area contributed by atoms with Gasteiger partial charge >= 0.3 is 5.97 Å². The third-order valence-corrected chi connectivity index (χ3v) is 4.84. The van der Waals surface area contributed by atoms with Crippen LogP contribution in [0.5, 0.6) is 0 Å². The van der Waals surface area contributed by atoms with Gasteiger partial charge in [0.25, 0.3) is 0 Å². The average Bonchev–Trinajstić information content (AvgIpc) is 2.53. The van der Waals surface area contributed by atoms with E-state index in [4.69, 9.17) is 4.74 Å². The lowest BCUT2D eigenvalue weighted by molar-refractivity contribution is -0.143. The van der Waals surface area contributed by atoms with E-state index in [0.717, 1.165) is 5.56 Å². The molecule has 0 spiro atoms. The highest BCUT2D eigenvalue weighted by atomic mass is 32.2. The Morgan fingerprint density at radius 2 is 2.04 bits per heavy atom. The summed E-state index contributed by atoms with van der Waals surface area (Å²) in [5.41, 5.74) is 1.94. The average molecular weight is 344 g/mol. The Labute approximate surface area is 145 Å². The van der Waals surface area contributed by atoms with E-state index in [1.807, 2.05) is 44.2 Å². The highest BCUT2D eigenvalue weighted by Gasteiger charge is 2.41. The summed E-state index contributed by atoms with van der Waals surface area (Å²) < 4.78 is 5.42. The highest BCUT2D eigenvalue weighted by molar-refractivity contribution is 8.14. The van der Waals surface area contributed by atoms with E-state index in [1.54, 1.807) is 23.6 Å². The number of carbonyl (C=O) groups is 2. The molecule has 126 valence electrons. The molecule has 2 aliphatic rings. The van der Waals surface area contributed by atoms with E-state index < -0.39 is 12.0 Å². The van der Waals surface area contributed by atoms with Gasteiger partial charge in [0, 0.05) is 12.2 Å². The number of allylic oxidation sites excluding steroid dienone is 1. The Hall–Kier alpha value is -2.08. The van der Waals surface area contributed by atoms with Crippen LogP contribution in [0.2, 0.25) is 0 Å². The van der Waals surface area contributed by atoms with Crippen LogP contribution in [0.1, 0.15) is 38.8 Å². The minimum atomic E-state index is -0.481. The molecule has 1 unspecified atom stereocenters. The lowest BCUT2D eigenvalue weighted by atomic mass is 9.94. The zero-order valence-electron chi connectivity index (χ0n) is 14.0. The van der Waals surface area contributed by atoms with Crippen LogP contribution < -0.4 is 0 Å². The number of carbonyl (C=O) groups excluding carboxylic acids is 2. The van der Waals surface area contributed by atoms with Crippen molar-refractivity contribution in [2.75, 3.05) is 5.75 Å². The lowest BCUT2D eigenvalue weighted by Crippen LogP contribution is -2.46. The molecule has 0 aromatic heterocycles. The summed E-state index contributed by atoms with van der Waals surface area (Å²) in [6.45, 7) is 5.42. The molecule has 0 radical (unpaired) electrons. The van der Waals surface area contributed by atoms with Crippen molar-refractivity contribution < 1.29 is 14.3 Å². The maximum atomic E-state index is 12.7. The van der Waals surface area contributed by atoms with Crippen LogP contribution in [0, 0.1) is 0 Å². The molecular formula is C18H20N2O3S. The van der Waals surface area contributed by atoms with Crippen molar-refractivity contribution >= 4 is 28.8 Å². The topological polar surface area (TPSA) is 59.0 Å². The predicted molar refractivity (Wildman–Crippen MR) is 94.5 cm³/mol. The second-order valence-corrected chi connectivity index (χ2v) is 7.09. The number of esters is 1. The summed E-state index contributed by atoms with van der Waals surface area (Å²) in [6, 6.07) is 9.10. The summed E-state index contributed by atoms with van der Waals surface area (Å²) in [5, 5.41) is 0.665. The number of hydrogen-bond acceptors (Lipinski definition) is 5. The molecule has 24 heavy (non-hydrogen) atoms. The number of fused-ring (bicyclic) bond motifs is 1. The van der Waals surface area contributed by atoms with Gasteiger partial charge in [0.2, 0.25) is 5.91 Å². The molecule has 1 saturated heterocycles. The maximum Gasteiger partial charge on any atom is 0.338 e. The Morgan fingerprint density at radius 1 is 1.33 bits per heavy atom. The van der Waals surface area contributed by atoms with Crippen LogP contribution in [0.3, 0.4) is 0 Å². The predicted octanol–water partition coefficient (Wildman–Crippen LogP) is 3.29. The zero-order valence-corrected chi connectivity index (χ0v) is 14.8. The maximum absolute atomic E-state index is 12.7. The molecule has 1 aromatic rings. The van der Waals surface area contributed by atoms with Crippen LogP contribution >= 0.6 is 11.8 Å². The molecule has 0 saturated carbocycles. The number of aliphatic imine (C=N–C) groups is 1. The van der Waals surface area contributed by atoms with Gasteiger partial charge < -0.3 is 4.74 Å². The number of hydrogen-bond donors (Lipinski definition) is 0. The normalized spacial score (nSPS) is 20.8. The summed E-state index contributed by atoms with van der Waals surface area (Å²) in [4.78, 5) is 31.4. The fourth-order valence-electron chi connectivity index (χ4n) is 2.89. The molecule has 3 rings (SSSR count). The SMILES string of the molecule is CC1=C(C(=O)OC(C)C)C(c2ccccc2)N2C(=O)CCSC2=N1. The number of thioether (sulfide) groups is 1. The first-order chi connectivity index (χ1) is 11.5. The van der Waals surface area contributed by atoms with Crippen LogP contribution in [-0.2, 0) is 14.3 Å². The van der Waals surface area contributed by atoms with Gasteiger partial charge in [-0.25, -0.2) is 9.79 Å². The van der Waals surface area contributed by atoms with Gasteiger partial charge in [0.15, 0.2) is 5.17 Å². The number of rotatable bonds is 3. The van der Waals surface area contributed by atoms with E-state index in [-0.39, 0.29) is 12.0 Å².